The Morgan fingerprint density at radius 1 is 1.47 bits per heavy atom. The second kappa shape index (κ2) is 6.26. The Balaban J connectivity index is 4.09. The molecule has 0 aromatic rings. The van der Waals surface area contributed by atoms with E-state index >= 15 is 0 Å². The summed E-state index contributed by atoms with van der Waals surface area (Å²) in [5, 5.41) is 0. The Hall–Kier alpha value is -0.380. The molecule has 5 nitrogen and oxygen atoms in total. The second-order valence-corrected chi connectivity index (χ2v) is 6.42. The molecule has 0 N–H and O–H groups in total. The molecule has 0 rings (SSSR count). The van der Waals surface area contributed by atoms with Crippen LogP contribution in [0.15, 0.2) is 0 Å². The summed E-state index contributed by atoms with van der Waals surface area (Å²) in [6.07, 6.45) is 0.174. The van der Waals surface area contributed by atoms with Crippen LogP contribution in [0.4, 0.5) is 0 Å². The number of rotatable bonds is 6. The Labute approximate surface area is 91.2 Å². The lowest BCUT2D eigenvalue weighted by atomic mass is 10.5. The Kier molecular flexibility index (Phi) is 6.10. The fraction of sp³-hybridized carbons (Fsp3) is 0.889. The first-order chi connectivity index (χ1) is 6.76. The Morgan fingerprint density at radius 2 is 2.00 bits per heavy atom. The van der Waals surface area contributed by atoms with Crippen LogP contribution in [0.3, 0.4) is 0 Å². The van der Waals surface area contributed by atoms with E-state index in [-0.39, 0.29) is 24.9 Å². The number of likely N-dealkylation sites (N-methyl/N-ethyl adjacent to an activating group) is 1. The van der Waals surface area contributed by atoms with Crippen molar-refractivity contribution in [2.24, 2.45) is 0 Å². The van der Waals surface area contributed by atoms with Gasteiger partial charge in [-0.2, -0.15) is 0 Å². The number of carbonyl (C=O) groups is 1. The first-order valence-electron chi connectivity index (χ1n) is 4.77. The first kappa shape index (κ1) is 14.6. The first-order valence-corrected chi connectivity index (χ1v) is 7.03. The van der Waals surface area contributed by atoms with Crippen LogP contribution in [0.5, 0.6) is 0 Å². The molecule has 0 heterocycles. The molecule has 1 atom stereocenters. The third-order valence-corrected chi connectivity index (χ3v) is 3.42. The molecule has 0 amide bonds. The minimum atomic E-state index is -2.65. The zero-order valence-corrected chi connectivity index (χ0v) is 10.9. The monoisotopic (exact) mass is 237 g/mol. The molecule has 0 saturated carbocycles. The van der Waals surface area contributed by atoms with Crippen molar-refractivity contribution < 1.29 is 18.6 Å². The standard InChI is InChI=1S/C9H20NO4P/c1-8(2)14-15(5,12)7-10(3)6-9(11)13-4/h8H,6-7H2,1-5H3/t15-/m0/s1. The summed E-state index contributed by atoms with van der Waals surface area (Å²) in [6, 6.07) is 0. The third kappa shape index (κ3) is 7.54. The average Bonchev–Trinajstić information content (AvgIpc) is 1.99. The molecule has 0 aliphatic heterocycles. The minimum Gasteiger partial charge on any atom is -0.468 e. The molecule has 15 heavy (non-hydrogen) atoms. The van der Waals surface area contributed by atoms with Crippen LogP contribution in [0.25, 0.3) is 0 Å². The molecule has 0 aliphatic rings. The minimum absolute atomic E-state index is 0.0765. The van der Waals surface area contributed by atoms with E-state index in [1.807, 2.05) is 13.8 Å². The number of carbonyl (C=O) groups excluding carboxylic acids is 1. The summed E-state index contributed by atoms with van der Waals surface area (Å²) in [5.74, 6) is -0.345. The highest BCUT2D eigenvalue weighted by molar-refractivity contribution is 7.58. The van der Waals surface area contributed by atoms with Crippen LogP contribution in [0.2, 0.25) is 0 Å². The van der Waals surface area contributed by atoms with E-state index in [0.29, 0.717) is 0 Å². The van der Waals surface area contributed by atoms with Crippen LogP contribution >= 0.6 is 7.37 Å². The lowest BCUT2D eigenvalue weighted by molar-refractivity contribution is -0.141. The third-order valence-electron chi connectivity index (χ3n) is 1.56. The zero-order valence-electron chi connectivity index (χ0n) is 10.0. The summed E-state index contributed by atoms with van der Waals surface area (Å²) in [7, 11) is 0.377. The largest absolute Gasteiger partial charge is 0.468 e. The fourth-order valence-corrected chi connectivity index (χ4v) is 3.19. The van der Waals surface area contributed by atoms with Gasteiger partial charge < -0.3 is 9.26 Å². The highest BCUT2D eigenvalue weighted by atomic mass is 31.2. The predicted molar refractivity (Wildman–Crippen MR) is 59.3 cm³/mol. The van der Waals surface area contributed by atoms with E-state index in [0.717, 1.165) is 0 Å². The molecule has 0 spiro atoms. The number of hydrogen-bond donors (Lipinski definition) is 0. The van der Waals surface area contributed by atoms with E-state index in [1.54, 1.807) is 18.6 Å². The van der Waals surface area contributed by atoms with Gasteiger partial charge in [0.05, 0.1) is 26.0 Å². The summed E-state index contributed by atoms with van der Waals surface area (Å²) in [6.45, 7) is 5.35. The van der Waals surface area contributed by atoms with Crippen molar-refractivity contribution in [3.8, 4) is 0 Å². The average molecular weight is 237 g/mol. The van der Waals surface area contributed by atoms with Crippen LogP contribution in [0, 0.1) is 0 Å². The van der Waals surface area contributed by atoms with Crippen molar-refractivity contribution in [1.29, 1.82) is 0 Å². The van der Waals surface area contributed by atoms with E-state index in [4.69, 9.17) is 4.52 Å². The molecule has 0 fully saturated rings. The van der Waals surface area contributed by atoms with Crippen LogP contribution < -0.4 is 0 Å². The lowest BCUT2D eigenvalue weighted by Crippen LogP contribution is -2.28. The molecule has 0 saturated heterocycles. The highest BCUT2D eigenvalue weighted by Gasteiger charge is 2.21. The molecule has 90 valence electrons. The topological polar surface area (TPSA) is 55.8 Å². The molecule has 0 aliphatic carbocycles. The van der Waals surface area contributed by atoms with Gasteiger partial charge in [-0.05, 0) is 20.9 Å². The molecule has 0 radical (unpaired) electrons. The van der Waals surface area contributed by atoms with Gasteiger partial charge in [0, 0.05) is 6.66 Å². The smallest absolute Gasteiger partial charge is 0.319 e. The van der Waals surface area contributed by atoms with Crippen LogP contribution in [-0.2, 0) is 18.6 Å². The Bertz CT molecular complexity index is 254. The van der Waals surface area contributed by atoms with E-state index < -0.39 is 7.37 Å². The Morgan fingerprint density at radius 3 is 2.40 bits per heavy atom. The molecule has 0 unspecified atom stereocenters. The second-order valence-electron chi connectivity index (χ2n) is 3.90. The number of esters is 1. The number of ether oxygens (including phenoxy) is 1. The van der Waals surface area contributed by atoms with E-state index in [9.17, 15) is 9.36 Å². The summed E-state index contributed by atoms with van der Waals surface area (Å²) >= 11 is 0. The van der Waals surface area contributed by atoms with Gasteiger partial charge in [-0.25, -0.2) is 0 Å². The maximum absolute atomic E-state index is 11.9. The van der Waals surface area contributed by atoms with Crippen molar-refractivity contribution in [3.63, 3.8) is 0 Å². The van der Waals surface area contributed by atoms with Crippen LogP contribution in [0.1, 0.15) is 13.8 Å². The molecular formula is C9H20NO4P. The maximum Gasteiger partial charge on any atom is 0.319 e. The van der Waals surface area contributed by atoms with Crippen molar-refractivity contribution in [1.82, 2.24) is 4.90 Å². The maximum atomic E-state index is 11.9. The highest BCUT2D eigenvalue weighted by Crippen LogP contribution is 2.43. The molecule has 0 aromatic heterocycles. The zero-order chi connectivity index (χ0) is 12.1. The predicted octanol–water partition coefficient (Wildman–Crippen LogP) is 1.38. The molecular weight excluding hydrogens is 217 g/mol. The van der Waals surface area contributed by atoms with Gasteiger partial charge in [0.15, 0.2) is 0 Å². The van der Waals surface area contributed by atoms with Gasteiger partial charge in [-0.15, -0.1) is 0 Å². The van der Waals surface area contributed by atoms with Gasteiger partial charge in [0.1, 0.15) is 0 Å². The van der Waals surface area contributed by atoms with Gasteiger partial charge in [0.25, 0.3) is 0 Å². The SMILES string of the molecule is COC(=O)CN(C)C[P@@](C)(=O)OC(C)C. The van der Waals surface area contributed by atoms with Crippen LogP contribution in [-0.4, -0.2) is 50.6 Å². The summed E-state index contributed by atoms with van der Waals surface area (Å²) in [5.41, 5.74) is 0. The van der Waals surface area contributed by atoms with Crippen molar-refractivity contribution >= 4 is 13.3 Å². The van der Waals surface area contributed by atoms with Gasteiger partial charge >= 0.3 is 5.97 Å². The number of methoxy groups -OCH3 is 1. The van der Waals surface area contributed by atoms with Crippen molar-refractivity contribution in [2.45, 2.75) is 20.0 Å². The number of hydrogen-bond acceptors (Lipinski definition) is 5. The van der Waals surface area contributed by atoms with Gasteiger partial charge in [-0.1, -0.05) is 0 Å². The summed E-state index contributed by atoms with van der Waals surface area (Å²) < 4.78 is 21.7. The molecule has 0 bridgehead atoms. The van der Waals surface area contributed by atoms with Gasteiger partial charge in [-0.3, -0.25) is 14.3 Å². The molecule has 6 heteroatoms. The van der Waals surface area contributed by atoms with Crippen molar-refractivity contribution in [3.05, 3.63) is 0 Å². The normalized spacial score (nSPS) is 15.4. The lowest BCUT2D eigenvalue weighted by Gasteiger charge is -2.22. The van der Waals surface area contributed by atoms with E-state index in [1.165, 1.54) is 7.11 Å². The van der Waals surface area contributed by atoms with E-state index in [2.05, 4.69) is 4.74 Å². The fourth-order valence-electron chi connectivity index (χ4n) is 1.25. The molecule has 0 aromatic carbocycles. The summed E-state index contributed by atoms with van der Waals surface area (Å²) in [4.78, 5) is 12.6. The van der Waals surface area contributed by atoms with Gasteiger partial charge in [0.2, 0.25) is 7.37 Å². The quantitative estimate of drug-likeness (QED) is 0.516. The number of nitrogens with zero attached hydrogens (tertiary/aromatic N) is 1. The van der Waals surface area contributed by atoms with Crippen molar-refractivity contribution in [2.75, 3.05) is 33.7 Å².